The lowest BCUT2D eigenvalue weighted by atomic mass is 10.1. The zero-order valence-electron chi connectivity index (χ0n) is 15.2. The van der Waals surface area contributed by atoms with Crippen LogP contribution in [0, 0.1) is 0 Å². The normalized spacial score (nSPS) is 10.9. The van der Waals surface area contributed by atoms with Gasteiger partial charge in [0.05, 0.1) is 17.8 Å². The molecule has 0 fully saturated rings. The van der Waals surface area contributed by atoms with Gasteiger partial charge < -0.3 is 15.0 Å². The van der Waals surface area contributed by atoms with Crippen LogP contribution < -0.4 is 10.1 Å². The fourth-order valence-electron chi connectivity index (χ4n) is 3.06. The monoisotopic (exact) mass is 411 g/mol. The number of carbonyl (C=O) groups excluding carboxylic acids is 1. The van der Waals surface area contributed by atoms with Gasteiger partial charge in [-0.25, -0.2) is 4.98 Å². The molecule has 0 aliphatic heterocycles. The van der Waals surface area contributed by atoms with Crippen molar-refractivity contribution >= 4 is 44.9 Å². The number of halogens is 1. The van der Waals surface area contributed by atoms with E-state index in [-0.39, 0.29) is 5.91 Å². The summed E-state index contributed by atoms with van der Waals surface area (Å²) in [7, 11) is 1.58. The minimum Gasteiger partial charge on any atom is -0.495 e. The molecule has 2 aromatic heterocycles. The molecule has 0 aliphatic rings. The molecule has 0 aliphatic carbocycles. The molecule has 0 radical (unpaired) electrons. The Morgan fingerprint density at radius 2 is 2.14 bits per heavy atom. The zero-order chi connectivity index (χ0) is 19.5. The molecule has 7 heteroatoms. The van der Waals surface area contributed by atoms with Gasteiger partial charge in [-0.05, 0) is 36.2 Å². The molecule has 2 N–H and O–H groups in total. The highest BCUT2D eigenvalue weighted by Gasteiger charge is 2.11. The van der Waals surface area contributed by atoms with E-state index in [1.54, 1.807) is 19.2 Å². The summed E-state index contributed by atoms with van der Waals surface area (Å²) >= 11 is 7.57. The van der Waals surface area contributed by atoms with E-state index in [9.17, 15) is 4.79 Å². The van der Waals surface area contributed by atoms with E-state index in [4.69, 9.17) is 16.3 Å². The molecule has 5 nitrogen and oxygen atoms in total. The first-order valence-electron chi connectivity index (χ1n) is 8.78. The second kappa shape index (κ2) is 8.04. The number of nitrogens with zero attached hydrogens (tertiary/aromatic N) is 1. The van der Waals surface area contributed by atoms with Crippen LogP contribution in [0.15, 0.2) is 54.0 Å². The van der Waals surface area contributed by atoms with E-state index in [2.05, 4.69) is 21.4 Å². The van der Waals surface area contributed by atoms with Crippen molar-refractivity contribution in [3.63, 3.8) is 0 Å². The Morgan fingerprint density at radius 3 is 2.96 bits per heavy atom. The molecule has 1 amide bonds. The van der Waals surface area contributed by atoms with Crippen LogP contribution in [0.2, 0.25) is 5.02 Å². The largest absolute Gasteiger partial charge is 0.495 e. The van der Waals surface area contributed by atoms with Crippen LogP contribution in [0.5, 0.6) is 5.75 Å². The predicted octanol–water partition coefficient (Wildman–Crippen LogP) is 5.52. The van der Waals surface area contributed by atoms with Gasteiger partial charge in [-0.15, -0.1) is 11.3 Å². The van der Waals surface area contributed by atoms with Gasteiger partial charge in [0.1, 0.15) is 5.75 Å². The number of rotatable bonds is 6. The number of hydrogen-bond acceptors (Lipinski definition) is 4. The number of aromatic amines is 1. The molecule has 0 saturated carbocycles. The minimum absolute atomic E-state index is 0.0565. The van der Waals surface area contributed by atoms with Crippen molar-refractivity contribution in [2.75, 3.05) is 12.4 Å². The lowest BCUT2D eigenvalue weighted by Crippen LogP contribution is -2.12. The van der Waals surface area contributed by atoms with E-state index >= 15 is 0 Å². The Kier molecular flexibility index (Phi) is 5.32. The van der Waals surface area contributed by atoms with Crippen molar-refractivity contribution in [1.82, 2.24) is 9.97 Å². The van der Waals surface area contributed by atoms with Crippen LogP contribution in [-0.2, 0) is 11.2 Å². The van der Waals surface area contributed by atoms with Crippen LogP contribution in [0.4, 0.5) is 5.13 Å². The standard InChI is InChI=1S/C21H18ClN3O2S/c1-27-19-8-6-13(10-16(19)22)18-12-28-21(24-18)25-20(26)9-7-14-11-23-17-5-3-2-4-15(14)17/h2-6,8,10-12,23H,7,9H2,1H3,(H,24,25,26). The van der Waals surface area contributed by atoms with Crippen LogP contribution in [0.25, 0.3) is 22.2 Å². The lowest BCUT2D eigenvalue weighted by Gasteiger charge is -2.04. The molecule has 4 rings (SSSR count). The van der Waals surface area contributed by atoms with E-state index in [1.807, 2.05) is 35.8 Å². The van der Waals surface area contributed by atoms with Gasteiger partial charge in [0.2, 0.25) is 5.91 Å². The van der Waals surface area contributed by atoms with Crippen molar-refractivity contribution in [1.29, 1.82) is 0 Å². The number of H-pyrrole nitrogens is 1. The summed E-state index contributed by atoms with van der Waals surface area (Å²) in [5.41, 5.74) is 3.86. The highest BCUT2D eigenvalue weighted by molar-refractivity contribution is 7.14. The third-order valence-electron chi connectivity index (χ3n) is 4.49. The number of amides is 1. The summed E-state index contributed by atoms with van der Waals surface area (Å²) in [5, 5.41) is 7.03. The number of nitrogens with one attached hydrogen (secondary N) is 2. The van der Waals surface area contributed by atoms with Crippen LogP contribution in [0.1, 0.15) is 12.0 Å². The number of thiazole rings is 1. The maximum absolute atomic E-state index is 12.3. The average Bonchev–Trinajstić information content (AvgIpc) is 3.33. The first kappa shape index (κ1) is 18.5. The third-order valence-corrected chi connectivity index (χ3v) is 5.55. The van der Waals surface area contributed by atoms with Gasteiger partial charge in [-0.3, -0.25) is 4.79 Å². The number of aromatic nitrogens is 2. The second-order valence-corrected chi connectivity index (χ2v) is 7.56. The minimum atomic E-state index is -0.0565. The molecule has 142 valence electrons. The molecule has 0 bridgehead atoms. The number of carbonyl (C=O) groups is 1. The molecule has 0 unspecified atom stereocenters. The molecular formula is C21H18ClN3O2S. The van der Waals surface area contributed by atoms with Crippen molar-refractivity contribution in [3.8, 4) is 17.0 Å². The van der Waals surface area contributed by atoms with Gasteiger partial charge in [0.15, 0.2) is 5.13 Å². The van der Waals surface area contributed by atoms with E-state index in [0.717, 1.165) is 27.7 Å². The fraction of sp³-hybridized carbons (Fsp3) is 0.143. The molecule has 2 aromatic carbocycles. The number of hydrogen-bond donors (Lipinski definition) is 2. The van der Waals surface area contributed by atoms with Crippen molar-refractivity contribution in [3.05, 3.63) is 64.6 Å². The van der Waals surface area contributed by atoms with Gasteiger partial charge in [-0.2, -0.15) is 0 Å². The number of aryl methyl sites for hydroxylation is 1. The smallest absolute Gasteiger partial charge is 0.226 e. The maximum Gasteiger partial charge on any atom is 0.226 e. The van der Waals surface area contributed by atoms with Crippen molar-refractivity contribution in [2.45, 2.75) is 12.8 Å². The summed E-state index contributed by atoms with van der Waals surface area (Å²) in [5.74, 6) is 0.561. The fourth-order valence-corrected chi connectivity index (χ4v) is 4.05. The summed E-state index contributed by atoms with van der Waals surface area (Å²) < 4.78 is 5.17. The first-order valence-corrected chi connectivity index (χ1v) is 10.0. The Morgan fingerprint density at radius 1 is 1.29 bits per heavy atom. The lowest BCUT2D eigenvalue weighted by molar-refractivity contribution is -0.116. The number of anilines is 1. The van der Waals surface area contributed by atoms with Crippen molar-refractivity contribution < 1.29 is 9.53 Å². The van der Waals surface area contributed by atoms with E-state index < -0.39 is 0 Å². The molecule has 0 saturated heterocycles. The average molecular weight is 412 g/mol. The first-order chi connectivity index (χ1) is 13.6. The Balaban J connectivity index is 1.39. The number of ether oxygens (including phenoxy) is 1. The van der Waals surface area contributed by atoms with Gasteiger partial charge in [0, 0.05) is 34.5 Å². The molecular weight excluding hydrogens is 394 g/mol. The molecule has 0 atom stereocenters. The molecule has 28 heavy (non-hydrogen) atoms. The van der Waals surface area contributed by atoms with Crippen molar-refractivity contribution in [2.24, 2.45) is 0 Å². The Labute approximate surface area is 171 Å². The topological polar surface area (TPSA) is 67.0 Å². The molecule has 2 heterocycles. The Bertz CT molecular complexity index is 1140. The number of para-hydroxylation sites is 1. The number of benzene rings is 2. The van der Waals surface area contributed by atoms with Gasteiger partial charge in [0.25, 0.3) is 0 Å². The van der Waals surface area contributed by atoms with E-state index in [0.29, 0.717) is 28.7 Å². The Hall–Kier alpha value is -2.83. The van der Waals surface area contributed by atoms with Gasteiger partial charge in [-0.1, -0.05) is 29.8 Å². The summed E-state index contributed by atoms with van der Waals surface area (Å²) in [6.45, 7) is 0. The zero-order valence-corrected chi connectivity index (χ0v) is 16.7. The summed E-state index contributed by atoms with van der Waals surface area (Å²) in [4.78, 5) is 20.1. The quantitative estimate of drug-likeness (QED) is 0.438. The number of fused-ring (bicyclic) bond motifs is 1. The third kappa shape index (κ3) is 3.88. The van der Waals surface area contributed by atoms with Crippen LogP contribution >= 0.6 is 22.9 Å². The molecule has 0 spiro atoms. The second-order valence-electron chi connectivity index (χ2n) is 6.29. The SMILES string of the molecule is COc1ccc(-c2csc(NC(=O)CCc3c[nH]c4ccccc34)n2)cc1Cl. The summed E-state index contributed by atoms with van der Waals surface area (Å²) in [6.07, 6.45) is 3.03. The van der Waals surface area contributed by atoms with Crippen LogP contribution in [-0.4, -0.2) is 23.0 Å². The predicted molar refractivity (Wildman–Crippen MR) is 114 cm³/mol. The van der Waals surface area contributed by atoms with Crippen LogP contribution in [0.3, 0.4) is 0 Å². The van der Waals surface area contributed by atoms with E-state index in [1.165, 1.54) is 11.3 Å². The number of methoxy groups -OCH3 is 1. The maximum atomic E-state index is 12.3. The highest BCUT2D eigenvalue weighted by Crippen LogP contribution is 2.31. The summed E-state index contributed by atoms with van der Waals surface area (Å²) in [6, 6.07) is 13.6. The molecule has 4 aromatic rings. The van der Waals surface area contributed by atoms with Gasteiger partial charge >= 0.3 is 0 Å². The highest BCUT2D eigenvalue weighted by atomic mass is 35.5.